The van der Waals surface area contributed by atoms with Gasteiger partial charge in [0.15, 0.2) is 0 Å². The van der Waals surface area contributed by atoms with Crippen LogP contribution in [0.5, 0.6) is 0 Å². The van der Waals surface area contributed by atoms with Crippen LogP contribution in [-0.2, 0) is 4.74 Å². The molecule has 0 heterocycles. The van der Waals surface area contributed by atoms with Gasteiger partial charge in [0.25, 0.3) is 0 Å². The van der Waals surface area contributed by atoms with Gasteiger partial charge in [0.05, 0.1) is 0 Å². The topological polar surface area (TPSA) is 38.3 Å². The fourth-order valence-electron chi connectivity index (χ4n) is 1.61. The zero-order valence-electron chi connectivity index (χ0n) is 13.8. The van der Waals surface area contributed by atoms with Gasteiger partial charge in [-0.3, -0.25) is 0 Å². The minimum Gasteiger partial charge on any atom is -0.444 e. The number of carbonyl (C=O) groups is 1. The lowest BCUT2D eigenvalue weighted by atomic mass is 10.0. The van der Waals surface area contributed by atoms with Crippen molar-refractivity contribution < 1.29 is 9.53 Å². The summed E-state index contributed by atoms with van der Waals surface area (Å²) in [7, 11) is 0. The van der Waals surface area contributed by atoms with Gasteiger partial charge in [-0.25, -0.2) is 4.79 Å². The number of ether oxygens (including phenoxy) is 1. The third-order valence-electron chi connectivity index (χ3n) is 2.73. The maximum absolute atomic E-state index is 11.6. The Hall–Kier alpha value is -1.51. The molecule has 0 spiro atoms. The van der Waals surface area contributed by atoms with E-state index in [1.165, 1.54) is 16.7 Å². The van der Waals surface area contributed by atoms with Crippen LogP contribution >= 0.6 is 0 Å². The van der Waals surface area contributed by atoms with Crippen molar-refractivity contribution in [2.24, 2.45) is 0 Å². The molecule has 0 radical (unpaired) electrons. The second-order valence-electron chi connectivity index (χ2n) is 5.98. The zero-order chi connectivity index (χ0) is 15.8. The van der Waals surface area contributed by atoms with Crippen molar-refractivity contribution in [3.8, 4) is 0 Å². The quantitative estimate of drug-likeness (QED) is 0.712. The van der Waals surface area contributed by atoms with Crippen LogP contribution in [0.3, 0.4) is 0 Å². The van der Waals surface area contributed by atoms with Crippen LogP contribution in [0.4, 0.5) is 4.79 Å². The lowest BCUT2D eigenvalue weighted by Gasteiger charge is -2.19. The van der Waals surface area contributed by atoms with E-state index in [9.17, 15) is 4.79 Å². The number of hydrogen-bond donors (Lipinski definition) is 1. The normalized spacial score (nSPS) is 11.8. The number of alkyl carbamates (subject to hydrolysis) is 1. The van der Waals surface area contributed by atoms with E-state index >= 15 is 0 Å². The van der Waals surface area contributed by atoms with Crippen LogP contribution < -0.4 is 5.32 Å². The van der Waals surface area contributed by atoms with E-state index in [2.05, 4.69) is 38.7 Å². The second kappa shape index (κ2) is 8.62. The molecule has 0 saturated carbocycles. The lowest BCUT2D eigenvalue weighted by Crippen LogP contribution is -2.33. The van der Waals surface area contributed by atoms with Gasteiger partial charge in [-0.15, -0.1) is 0 Å². The van der Waals surface area contributed by atoms with Crippen molar-refractivity contribution in [1.29, 1.82) is 0 Å². The molecule has 0 fully saturated rings. The van der Waals surface area contributed by atoms with Crippen LogP contribution in [0.2, 0.25) is 0 Å². The fraction of sp³-hybridized carbons (Fsp3) is 0.588. The molecule has 3 heteroatoms. The summed E-state index contributed by atoms with van der Waals surface area (Å²) in [5.74, 6) is 0. The summed E-state index contributed by atoms with van der Waals surface area (Å²) in [5.41, 5.74) is 3.24. The molecule has 0 saturated heterocycles. The third kappa shape index (κ3) is 8.57. The number of amides is 1. The summed E-state index contributed by atoms with van der Waals surface area (Å²) >= 11 is 0. The summed E-state index contributed by atoms with van der Waals surface area (Å²) < 4.78 is 5.21. The number of allylic oxidation sites excluding steroid dienone is 4. The van der Waals surface area contributed by atoms with Gasteiger partial charge in [-0.05, 0) is 58.6 Å². The first kappa shape index (κ1) is 18.5. The van der Waals surface area contributed by atoms with Crippen LogP contribution in [0.1, 0.15) is 54.4 Å². The largest absolute Gasteiger partial charge is 0.444 e. The molecule has 1 amide bonds. The van der Waals surface area contributed by atoms with Gasteiger partial charge in [-0.2, -0.15) is 0 Å². The number of nitrogens with one attached hydrogen (secondary N) is 1. The van der Waals surface area contributed by atoms with Gasteiger partial charge >= 0.3 is 6.09 Å². The highest BCUT2D eigenvalue weighted by Crippen LogP contribution is 2.15. The summed E-state index contributed by atoms with van der Waals surface area (Å²) in [6.45, 7) is 16.2. The Morgan fingerprint density at radius 3 is 2.30 bits per heavy atom. The second-order valence-corrected chi connectivity index (χ2v) is 5.98. The van der Waals surface area contributed by atoms with E-state index in [0.29, 0.717) is 6.54 Å². The summed E-state index contributed by atoms with van der Waals surface area (Å²) in [4.78, 5) is 11.6. The molecule has 0 rings (SSSR count). The third-order valence-corrected chi connectivity index (χ3v) is 2.73. The number of hydrogen-bond acceptors (Lipinski definition) is 2. The minimum atomic E-state index is -0.457. The molecule has 114 valence electrons. The molecule has 0 aliphatic rings. The molecule has 0 aromatic rings. The molecule has 0 aliphatic carbocycles. The average Bonchev–Trinajstić information content (AvgIpc) is 2.30. The van der Waals surface area contributed by atoms with Crippen LogP contribution in [0.25, 0.3) is 0 Å². The molecule has 0 aromatic heterocycles. The maximum Gasteiger partial charge on any atom is 0.407 e. The number of rotatable bonds is 6. The van der Waals surface area contributed by atoms with E-state index in [4.69, 9.17) is 4.74 Å². The van der Waals surface area contributed by atoms with Crippen molar-refractivity contribution in [3.63, 3.8) is 0 Å². The smallest absolute Gasteiger partial charge is 0.407 e. The van der Waals surface area contributed by atoms with Crippen molar-refractivity contribution >= 4 is 6.09 Å². The summed E-state index contributed by atoms with van der Waals surface area (Å²) in [6.07, 6.45) is 5.41. The molecule has 0 aliphatic heterocycles. The van der Waals surface area contributed by atoms with Crippen LogP contribution in [0.15, 0.2) is 35.5 Å². The molecule has 0 bridgehead atoms. The van der Waals surface area contributed by atoms with Gasteiger partial charge in [0.2, 0.25) is 0 Å². The van der Waals surface area contributed by atoms with Crippen molar-refractivity contribution in [1.82, 2.24) is 5.32 Å². The predicted octanol–water partition coefficient (Wildman–Crippen LogP) is 4.76. The molecule has 1 N–H and O–H groups in total. The predicted molar refractivity (Wildman–Crippen MR) is 85.8 cm³/mol. The van der Waals surface area contributed by atoms with Gasteiger partial charge in [0.1, 0.15) is 5.60 Å². The molecule has 0 atom stereocenters. The van der Waals surface area contributed by atoms with Crippen LogP contribution in [0, 0.1) is 0 Å². The highest BCUT2D eigenvalue weighted by Gasteiger charge is 2.15. The Kier molecular flexibility index (Phi) is 7.97. The molecule has 0 unspecified atom stereocenters. The van der Waals surface area contributed by atoms with Crippen LogP contribution in [-0.4, -0.2) is 18.2 Å². The van der Waals surface area contributed by atoms with Gasteiger partial charge < -0.3 is 10.1 Å². The van der Waals surface area contributed by atoms with Gasteiger partial charge in [-0.1, -0.05) is 31.2 Å². The Morgan fingerprint density at radius 2 is 1.90 bits per heavy atom. The zero-order valence-corrected chi connectivity index (χ0v) is 13.8. The van der Waals surface area contributed by atoms with E-state index in [0.717, 1.165) is 12.8 Å². The molecule has 3 nitrogen and oxygen atoms in total. The molecule has 20 heavy (non-hydrogen) atoms. The molecule has 0 aromatic carbocycles. The first-order valence-corrected chi connectivity index (χ1v) is 7.15. The SMILES string of the molecule is C=C/C(=C\C(CCNC(=O)OC(C)(C)C)=C(C)C)CC. The number of carbonyl (C=O) groups excluding carboxylic acids is 1. The Balaban J connectivity index is 4.47. The van der Waals surface area contributed by atoms with Crippen molar-refractivity contribution in [2.45, 2.75) is 60.0 Å². The lowest BCUT2D eigenvalue weighted by molar-refractivity contribution is 0.0528. The Morgan fingerprint density at radius 1 is 1.30 bits per heavy atom. The first-order chi connectivity index (χ1) is 9.19. The summed E-state index contributed by atoms with van der Waals surface area (Å²) in [5, 5.41) is 2.78. The van der Waals surface area contributed by atoms with E-state index in [1.54, 1.807) is 0 Å². The van der Waals surface area contributed by atoms with E-state index in [-0.39, 0.29) is 6.09 Å². The highest BCUT2D eigenvalue weighted by molar-refractivity contribution is 5.67. The van der Waals surface area contributed by atoms with Crippen molar-refractivity contribution in [3.05, 3.63) is 35.5 Å². The maximum atomic E-state index is 11.6. The minimum absolute atomic E-state index is 0.367. The Labute approximate surface area is 123 Å². The summed E-state index contributed by atoms with van der Waals surface area (Å²) in [6, 6.07) is 0. The Bertz CT molecular complexity index is 394. The molecular formula is C17H29NO2. The highest BCUT2D eigenvalue weighted by atomic mass is 16.6. The van der Waals surface area contributed by atoms with E-state index < -0.39 is 5.60 Å². The van der Waals surface area contributed by atoms with Gasteiger partial charge in [0, 0.05) is 6.54 Å². The average molecular weight is 279 g/mol. The first-order valence-electron chi connectivity index (χ1n) is 7.15. The molecular weight excluding hydrogens is 250 g/mol. The fourth-order valence-corrected chi connectivity index (χ4v) is 1.61. The standard InChI is InChI=1S/C17H29NO2/c1-8-14(9-2)12-15(13(3)4)10-11-18-16(19)20-17(5,6)7/h8,12H,1,9-11H2,2-7H3,(H,18,19)/b14-12+. The van der Waals surface area contributed by atoms with Crippen molar-refractivity contribution in [2.75, 3.05) is 6.54 Å². The van der Waals surface area contributed by atoms with E-state index in [1.807, 2.05) is 26.8 Å². The monoisotopic (exact) mass is 279 g/mol.